The minimum absolute atomic E-state index is 0.00801. The minimum Gasteiger partial charge on any atom is -0.490 e. The third-order valence-corrected chi connectivity index (χ3v) is 6.34. The van der Waals surface area contributed by atoms with Crippen LogP contribution in [0.1, 0.15) is 61.4 Å². The van der Waals surface area contributed by atoms with Crippen LogP contribution in [0.25, 0.3) is 0 Å². The molecule has 2 heterocycles. The van der Waals surface area contributed by atoms with Crippen molar-refractivity contribution in [3.8, 4) is 11.5 Å². The molecule has 6 nitrogen and oxygen atoms in total. The molecule has 2 aliphatic rings. The maximum absolute atomic E-state index is 13.4. The first-order chi connectivity index (χ1) is 15.6. The highest BCUT2D eigenvalue weighted by Crippen LogP contribution is 2.36. The Morgan fingerprint density at radius 2 is 1.75 bits per heavy atom. The zero-order chi connectivity index (χ0) is 22.5. The summed E-state index contributed by atoms with van der Waals surface area (Å²) in [6.45, 7) is 6.78. The first kappa shape index (κ1) is 22.2. The van der Waals surface area contributed by atoms with Crippen LogP contribution in [0.15, 0.2) is 42.5 Å². The molecule has 0 aliphatic carbocycles. The highest BCUT2D eigenvalue weighted by atomic mass is 16.5. The minimum atomic E-state index is -0.0544. The number of benzene rings is 2. The Bertz CT molecular complexity index is 968. The zero-order valence-corrected chi connectivity index (χ0v) is 19.0. The summed E-state index contributed by atoms with van der Waals surface area (Å²) in [6, 6.07) is 13.3. The van der Waals surface area contributed by atoms with Gasteiger partial charge in [-0.25, -0.2) is 0 Å². The lowest BCUT2D eigenvalue weighted by molar-refractivity contribution is -0.134. The Labute approximate surface area is 190 Å². The van der Waals surface area contributed by atoms with Crippen molar-refractivity contribution in [2.24, 2.45) is 0 Å². The third-order valence-electron chi connectivity index (χ3n) is 6.34. The molecular weight excluding hydrogens is 404 g/mol. The lowest BCUT2D eigenvalue weighted by Gasteiger charge is -2.33. The van der Waals surface area contributed by atoms with Crippen LogP contribution >= 0.6 is 0 Å². The number of hydrogen-bond donors (Lipinski definition) is 0. The van der Waals surface area contributed by atoms with Gasteiger partial charge in [-0.05, 0) is 68.4 Å². The van der Waals surface area contributed by atoms with Crippen LogP contribution in [-0.4, -0.2) is 49.6 Å². The number of hydrogen-bond acceptors (Lipinski definition) is 4. The van der Waals surface area contributed by atoms with E-state index in [0.29, 0.717) is 36.1 Å². The Balaban J connectivity index is 1.50. The second-order valence-corrected chi connectivity index (χ2v) is 8.53. The quantitative estimate of drug-likeness (QED) is 0.662. The molecule has 170 valence electrons. The SMILES string of the molecule is CCOc1cc(C(=O)N2CCC(C)c3ccccc32)ccc1OCC(=O)N1CCCCC1. The van der Waals surface area contributed by atoms with E-state index in [2.05, 4.69) is 13.0 Å². The van der Waals surface area contributed by atoms with Crippen molar-refractivity contribution in [1.29, 1.82) is 0 Å². The van der Waals surface area contributed by atoms with Gasteiger partial charge in [0.2, 0.25) is 0 Å². The normalized spacial score (nSPS) is 18.1. The molecule has 0 saturated carbocycles. The van der Waals surface area contributed by atoms with E-state index in [1.807, 2.05) is 34.9 Å². The van der Waals surface area contributed by atoms with Gasteiger partial charge in [-0.1, -0.05) is 25.1 Å². The molecule has 1 unspecified atom stereocenters. The fraction of sp³-hybridized carbons (Fsp3) is 0.462. The van der Waals surface area contributed by atoms with Gasteiger partial charge in [0, 0.05) is 30.9 Å². The number of piperidine rings is 1. The molecule has 1 atom stereocenters. The average molecular weight is 437 g/mol. The number of amides is 2. The molecule has 1 saturated heterocycles. The molecule has 0 spiro atoms. The van der Waals surface area contributed by atoms with Crippen molar-refractivity contribution < 1.29 is 19.1 Å². The number of para-hydroxylation sites is 1. The summed E-state index contributed by atoms with van der Waals surface area (Å²) in [7, 11) is 0. The van der Waals surface area contributed by atoms with Crippen molar-refractivity contribution >= 4 is 17.5 Å². The summed E-state index contributed by atoms with van der Waals surface area (Å²) in [4.78, 5) is 29.5. The molecule has 1 fully saturated rings. The first-order valence-corrected chi connectivity index (χ1v) is 11.7. The van der Waals surface area contributed by atoms with E-state index in [-0.39, 0.29) is 18.4 Å². The number of nitrogens with zero attached hydrogens (tertiary/aromatic N) is 2. The van der Waals surface area contributed by atoms with Crippen LogP contribution in [0, 0.1) is 0 Å². The number of likely N-dealkylation sites (tertiary alicyclic amines) is 1. The molecule has 0 bridgehead atoms. The molecule has 2 amide bonds. The predicted molar refractivity (Wildman–Crippen MR) is 125 cm³/mol. The third kappa shape index (κ3) is 4.74. The Kier molecular flexibility index (Phi) is 6.98. The maximum atomic E-state index is 13.4. The van der Waals surface area contributed by atoms with Gasteiger partial charge in [-0.15, -0.1) is 0 Å². The van der Waals surface area contributed by atoms with E-state index in [9.17, 15) is 9.59 Å². The van der Waals surface area contributed by atoms with Gasteiger partial charge < -0.3 is 19.3 Å². The van der Waals surface area contributed by atoms with Crippen molar-refractivity contribution in [2.45, 2.75) is 45.4 Å². The first-order valence-electron chi connectivity index (χ1n) is 11.7. The predicted octanol–water partition coefficient (Wildman–Crippen LogP) is 4.63. The molecule has 6 heteroatoms. The highest BCUT2D eigenvalue weighted by Gasteiger charge is 2.27. The van der Waals surface area contributed by atoms with E-state index in [1.54, 1.807) is 18.2 Å². The summed E-state index contributed by atoms with van der Waals surface area (Å²) < 4.78 is 11.6. The Hall–Kier alpha value is -3.02. The van der Waals surface area contributed by atoms with Crippen molar-refractivity contribution in [1.82, 2.24) is 4.90 Å². The van der Waals surface area contributed by atoms with Crippen molar-refractivity contribution in [3.63, 3.8) is 0 Å². The fourth-order valence-electron chi connectivity index (χ4n) is 4.52. The molecule has 32 heavy (non-hydrogen) atoms. The average Bonchev–Trinajstić information content (AvgIpc) is 2.84. The molecule has 2 aromatic rings. The Morgan fingerprint density at radius 3 is 2.53 bits per heavy atom. The lowest BCUT2D eigenvalue weighted by Crippen LogP contribution is -2.38. The van der Waals surface area contributed by atoms with Gasteiger partial charge >= 0.3 is 0 Å². The van der Waals surface area contributed by atoms with Gasteiger partial charge in [0.25, 0.3) is 11.8 Å². The summed E-state index contributed by atoms with van der Waals surface area (Å²) in [5.41, 5.74) is 2.72. The molecule has 0 N–H and O–H groups in total. The van der Waals surface area contributed by atoms with Crippen LogP contribution in [0.4, 0.5) is 5.69 Å². The number of carbonyl (C=O) groups is 2. The van der Waals surface area contributed by atoms with Gasteiger partial charge in [0.15, 0.2) is 18.1 Å². The van der Waals surface area contributed by atoms with Crippen LogP contribution in [0.3, 0.4) is 0 Å². The summed E-state index contributed by atoms with van der Waals surface area (Å²) in [5, 5.41) is 0. The van der Waals surface area contributed by atoms with Gasteiger partial charge in [-0.2, -0.15) is 0 Å². The maximum Gasteiger partial charge on any atom is 0.260 e. The topological polar surface area (TPSA) is 59.1 Å². The van der Waals surface area contributed by atoms with E-state index >= 15 is 0 Å². The van der Waals surface area contributed by atoms with E-state index in [4.69, 9.17) is 9.47 Å². The largest absolute Gasteiger partial charge is 0.490 e. The van der Waals surface area contributed by atoms with E-state index < -0.39 is 0 Å². The molecular formula is C26H32N2O4. The zero-order valence-electron chi connectivity index (χ0n) is 19.0. The molecule has 2 aliphatic heterocycles. The number of fused-ring (bicyclic) bond motifs is 1. The number of anilines is 1. The standard InChI is InChI=1S/C26H32N2O4/c1-3-31-24-17-20(11-12-23(24)32-18-25(29)27-14-7-4-8-15-27)26(30)28-16-13-19(2)21-9-5-6-10-22(21)28/h5-6,9-12,17,19H,3-4,7-8,13-16,18H2,1-2H3. The van der Waals surface area contributed by atoms with Gasteiger partial charge in [0.1, 0.15) is 0 Å². The summed E-state index contributed by atoms with van der Waals surface area (Å²) >= 11 is 0. The van der Waals surface area contributed by atoms with Crippen molar-refractivity contribution in [2.75, 3.05) is 37.7 Å². The molecule has 2 aromatic carbocycles. The number of carbonyl (C=O) groups excluding carboxylic acids is 2. The van der Waals surface area contributed by atoms with Crippen LogP contribution in [0.5, 0.6) is 11.5 Å². The van der Waals surface area contributed by atoms with E-state index in [1.165, 1.54) is 12.0 Å². The van der Waals surface area contributed by atoms with Crippen LogP contribution in [-0.2, 0) is 4.79 Å². The van der Waals surface area contributed by atoms with E-state index in [0.717, 1.165) is 38.0 Å². The van der Waals surface area contributed by atoms with Gasteiger partial charge in [0.05, 0.1) is 6.61 Å². The second-order valence-electron chi connectivity index (χ2n) is 8.53. The summed E-state index contributed by atoms with van der Waals surface area (Å²) in [6.07, 6.45) is 4.20. The Morgan fingerprint density at radius 1 is 0.969 bits per heavy atom. The molecule has 4 rings (SSSR count). The molecule has 0 aromatic heterocycles. The highest BCUT2D eigenvalue weighted by molar-refractivity contribution is 6.07. The van der Waals surface area contributed by atoms with Crippen molar-refractivity contribution in [3.05, 3.63) is 53.6 Å². The summed E-state index contributed by atoms with van der Waals surface area (Å²) in [5.74, 6) is 1.35. The lowest BCUT2D eigenvalue weighted by atomic mass is 9.91. The monoisotopic (exact) mass is 436 g/mol. The van der Waals surface area contributed by atoms with Crippen LogP contribution in [0.2, 0.25) is 0 Å². The fourth-order valence-corrected chi connectivity index (χ4v) is 4.52. The smallest absolute Gasteiger partial charge is 0.260 e. The number of ether oxygens (including phenoxy) is 2. The molecule has 0 radical (unpaired) electrons. The van der Waals surface area contributed by atoms with Gasteiger partial charge in [-0.3, -0.25) is 9.59 Å². The van der Waals surface area contributed by atoms with Crippen LogP contribution < -0.4 is 14.4 Å². The second kappa shape index (κ2) is 10.1. The number of rotatable bonds is 6.